The first-order valence-corrected chi connectivity index (χ1v) is 12.4. The van der Waals surface area contributed by atoms with Gasteiger partial charge < -0.3 is 15.0 Å². The first kappa shape index (κ1) is 21.9. The molecule has 170 valence electrons. The zero-order valence-corrected chi connectivity index (χ0v) is 19.5. The number of amides is 2. The number of thiophene rings is 1. The first-order valence-electron chi connectivity index (χ1n) is 11.5. The second-order valence-electron chi connectivity index (χ2n) is 8.67. The van der Waals surface area contributed by atoms with Crippen molar-refractivity contribution in [3.63, 3.8) is 0 Å². The molecule has 1 aliphatic heterocycles. The fourth-order valence-corrected chi connectivity index (χ4v) is 6.13. The quantitative estimate of drug-likeness (QED) is 0.571. The Kier molecular flexibility index (Phi) is 6.29. The third-order valence-corrected chi connectivity index (χ3v) is 7.72. The van der Waals surface area contributed by atoms with Crippen LogP contribution in [0.4, 0.5) is 0 Å². The highest BCUT2D eigenvalue weighted by Gasteiger charge is 2.45. The van der Waals surface area contributed by atoms with Gasteiger partial charge in [-0.15, -0.1) is 11.3 Å². The van der Waals surface area contributed by atoms with Crippen LogP contribution in [0, 0.1) is 0 Å². The molecule has 3 atom stereocenters. The minimum Gasteiger partial charge on any atom is -0.383 e. The Labute approximate surface area is 198 Å². The van der Waals surface area contributed by atoms with Crippen LogP contribution in [0.15, 0.2) is 66.0 Å². The summed E-state index contributed by atoms with van der Waals surface area (Å²) in [6.07, 6.45) is 3.02. The molecular formula is C27H28N2O3S. The maximum Gasteiger partial charge on any atom is 0.254 e. The highest BCUT2D eigenvalue weighted by Crippen LogP contribution is 2.44. The second-order valence-corrected chi connectivity index (χ2v) is 9.65. The molecule has 0 bridgehead atoms. The van der Waals surface area contributed by atoms with Crippen LogP contribution in [0.25, 0.3) is 0 Å². The lowest BCUT2D eigenvalue weighted by Crippen LogP contribution is -2.48. The Balaban J connectivity index is 1.55. The molecule has 33 heavy (non-hydrogen) atoms. The Hall–Kier alpha value is -2.96. The van der Waals surface area contributed by atoms with Gasteiger partial charge in [0.25, 0.3) is 5.91 Å². The third-order valence-electron chi connectivity index (χ3n) is 6.78. The Morgan fingerprint density at radius 1 is 1.09 bits per heavy atom. The number of nitrogens with zero attached hydrogens (tertiary/aromatic N) is 1. The summed E-state index contributed by atoms with van der Waals surface area (Å²) in [6, 6.07) is 19.6. The summed E-state index contributed by atoms with van der Waals surface area (Å²) >= 11 is 1.58. The molecule has 2 heterocycles. The normalized spacial score (nSPS) is 21.9. The molecule has 1 aromatic heterocycles. The van der Waals surface area contributed by atoms with Crippen molar-refractivity contribution in [3.05, 3.63) is 93.2 Å². The lowest BCUT2D eigenvalue weighted by Gasteiger charge is -2.41. The number of hydrogen-bond acceptors (Lipinski definition) is 4. The minimum atomic E-state index is -0.483. The van der Waals surface area contributed by atoms with Crippen molar-refractivity contribution in [3.8, 4) is 0 Å². The van der Waals surface area contributed by atoms with Crippen molar-refractivity contribution >= 4 is 23.2 Å². The molecule has 0 unspecified atom stereocenters. The number of hydrogen-bond donors (Lipinski definition) is 1. The summed E-state index contributed by atoms with van der Waals surface area (Å²) < 4.78 is 5.31. The summed E-state index contributed by atoms with van der Waals surface area (Å²) in [5, 5.41) is 5.37. The fourth-order valence-electron chi connectivity index (χ4n) is 5.25. The molecule has 0 saturated heterocycles. The van der Waals surface area contributed by atoms with Crippen LogP contribution < -0.4 is 5.32 Å². The van der Waals surface area contributed by atoms with E-state index in [1.54, 1.807) is 18.4 Å². The van der Waals surface area contributed by atoms with Crippen molar-refractivity contribution < 1.29 is 14.3 Å². The van der Waals surface area contributed by atoms with Gasteiger partial charge in [0.15, 0.2) is 0 Å². The number of fused-ring (bicyclic) bond motifs is 2. The van der Waals surface area contributed by atoms with E-state index in [1.807, 2.05) is 52.7 Å². The van der Waals surface area contributed by atoms with Gasteiger partial charge >= 0.3 is 0 Å². The third kappa shape index (κ3) is 4.09. The van der Waals surface area contributed by atoms with Crippen LogP contribution in [0.5, 0.6) is 0 Å². The monoisotopic (exact) mass is 460 g/mol. The van der Waals surface area contributed by atoms with E-state index in [9.17, 15) is 9.59 Å². The molecule has 2 aromatic carbocycles. The van der Waals surface area contributed by atoms with E-state index >= 15 is 0 Å². The number of benzene rings is 2. The van der Waals surface area contributed by atoms with Crippen LogP contribution >= 0.6 is 11.3 Å². The lowest BCUT2D eigenvalue weighted by molar-refractivity contribution is -0.125. The van der Waals surface area contributed by atoms with E-state index in [-0.39, 0.29) is 23.9 Å². The van der Waals surface area contributed by atoms with E-state index in [1.165, 1.54) is 11.1 Å². The Morgan fingerprint density at radius 2 is 1.88 bits per heavy atom. The molecule has 6 heteroatoms. The molecule has 2 aliphatic rings. The standard InChI is InChI=1S/C27H28N2O3S/c1-32-16-15-29-25(23-14-7-17-33-23)24(20-11-4-5-12-21(20)27(29)31)26(30)28-22-13-6-9-18-8-2-3-10-19(18)22/h2-5,7-8,10-12,14,17,22,24-25H,6,9,13,15-16H2,1H3,(H,28,30)/t22-,24+,25-/m1/s1. The van der Waals surface area contributed by atoms with Crippen LogP contribution in [0.2, 0.25) is 0 Å². The predicted octanol–water partition coefficient (Wildman–Crippen LogP) is 4.87. The summed E-state index contributed by atoms with van der Waals surface area (Å²) in [5.74, 6) is -0.561. The van der Waals surface area contributed by atoms with Crippen LogP contribution in [0.1, 0.15) is 62.8 Å². The van der Waals surface area contributed by atoms with E-state index in [4.69, 9.17) is 4.74 Å². The molecule has 5 rings (SSSR count). The average Bonchev–Trinajstić information content (AvgIpc) is 3.38. The number of rotatable bonds is 6. The molecule has 0 radical (unpaired) electrons. The predicted molar refractivity (Wildman–Crippen MR) is 129 cm³/mol. The van der Waals surface area contributed by atoms with Gasteiger partial charge in [-0.05, 0) is 53.5 Å². The first-order chi connectivity index (χ1) is 16.2. The fraction of sp³-hybridized carbons (Fsp3) is 0.333. The van der Waals surface area contributed by atoms with Gasteiger partial charge in [0.2, 0.25) is 5.91 Å². The van der Waals surface area contributed by atoms with E-state index in [2.05, 4.69) is 23.5 Å². The van der Waals surface area contributed by atoms with Crippen molar-refractivity contribution in [2.45, 2.75) is 37.3 Å². The van der Waals surface area contributed by atoms with Crippen molar-refractivity contribution in [2.75, 3.05) is 20.3 Å². The van der Waals surface area contributed by atoms with Crippen molar-refractivity contribution in [1.82, 2.24) is 10.2 Å². The molecule has 0 saturated carbocycles. The largest absolute Gasteiger partial charge is 0.383 e. The number of methoxy groups -OCH3 is 1. The second kappa shape index (κ2) is 9.49. The summed E-state index contributed by atoms with van der Waals surface area (Å²) in [6.45, 7) is 0.850. The Morgan fingerprint density at radius 3 is 2.67 bits per heavy atom. The zero-order valence-electron chi connectivity index (χ0n) is 18.7. The SMILES string of the molecule is COCCN1C(=O)c2ccccc2[C@H](C(=O)N[C@@H]2CCCc3ccccc32)[C@H]1c1cccs1. The van der Waals surface area contributed by atoms with E-state index < -0.39 is 5.92 Å². The van der Waals surface area contributed by atoms with Gasteiger partial charge in [0.05, 0.1) is 24.6 Å². The number of carbonyl (C=O) groups excluding carboxylic acids is 2. The highest BCUT2D eigenvalue weighted by molar-refractivity contribution is 7.10. The van der Waals surface area contributed by atoms with Gasteiger partial charge in [-0.2, -0.15) is 0 Å². The average molecular weight is 461 g/mol. The van der Waals surface area contributed by atoms with E-state index in [0.717, 1.165) is 29.7 Å². The highest BCUT2D eigenvalue weighted by atomic mass is 32.1. The van der Waals surface area contributed by atoms with Gasteiger partial charge in [0.1, 0.15) is 0 Å². The van der Waals surface area contributed by atoms with Crippen LogP contribution in [0.3, 0.4) is 0 Å². The number of carbonyl (C=O) groups is 2. The molecule has 0 spiro atoms. The summed E-state index contributed by atoms with van der Waals surface area (Å²) in [5.41, 5.74) is 3.92. The summed E-state index contributed by atoms with van der Waals surface area (Å²) in [4.78, 5) is 30.3. The molecule has 5 nitrogen and oxygen atoms in total. The smallest absolute Gasteiger partial charge is 0.254 e. The number of nitrogens with one attached hydrogen (secondary N) is 1. The zero-order chi connectivity index (χ0) is 22.8. The molecule has 3 aromatic rings. The maximum atomic E-state index is 14.0. The summed E-state index contributed by atoms with van der Waals surface area (Å²) in [7, 11) is 1.63. The topological polar surface area (TPSA) is 58.6 Å². The molecule has 2 amide bonds. The van der Waals surface area contributed by atoms with Gasteiger partial charge in [0, 0.05) is 24.1 Å². The number of ether oxygens (including phenoxy) is 1. The molecule has 0 fully saturated rings. The van der Waals surface area contributed by atoms with E-state index in [0.29, 0.717) is 18.7 Å². The molecule has 1 aliphatic carbocycles. The van der Waals surface area contributed by atoms with Gasteiger partial charge in [-0.25, -0.2) is 0 Å². The Bertz CT molecular complexity index is 1140. The van der Waals surface area contributed by atoms with Gasteiger partial charge in [-0.3, -0.25) is 9.59 Å². The lowest BCUT2D eigenvalue weighted by atomic mass is 9.80. The van der Waals surface area contributed by atoms with Crippen molar-refractivity contribution in [2.24, 2.45) is 0 Å². The minimum absolute atomic E-state index is 0.0105. The van der Waals surface area contributed by atoms with Crippen molar-refractivity contribution in [1.29, 1.82) is 0 Å². The van der Waals surface area contributed by atoms with Crippen LogP contribution in [-0.2, 0) is 16.0 Å². The number of aryl methyl sites for hydroxylation is 1. The molecule has 1 N–H and O–H groups in total. The maximum absolute atomic E-state index is 14.0. The van der Waals surface area contributed by atoms with Crippen LogP contribution in [-0.4, -0.2) is 37.0 Å². The van der Waals surface area contributed by atoms with Gasteiger partial charge in [-0.1, -0.05) is 48.5 Å². The molecular weight excluding hydrogens is 432 g/mol.